The summed E-state index contributed by atoms with van der Waals surface area (Å²) in [6.45, 7) is 6.70. The van der Waals surface area contributed by atoms with Crippen LogP contribution in [0.4, 0.5) is 0 Å². The van der Waals surface area contributed by atoms with E-state index >= 15 is 0 Å². The van der Waals surface area contributed by atoms with E-state index in [2.05, 4.69) is 26.1 Å². The fourth-order valence-electron chi connectivity index (χ4n) is 3.89. The van der Waals surface area contributed by atoms with Crippen LogP contribution >= 0.6 is 0 Å². The SMILES string of the molecule is CCCC1CC1NC1CC(C)c2c(C)ccc(O)c21. The number of hydrogen-bond acceptors (Lipinski definition) is 2. The molecule has 0 radical (unpaired) electrons. The van der Waals surface area contributed by atoms with Crippen LogP contribution in [0, 0.1) is 12.8 Å². The van der Waals surface area contributed by atoms with Gasteiger partial charge in [-0.1, -0.05) is 26.3 Å². The third kappa shape index (κ3) is 2.27. The summed E-state index contributed by atoms with van der Waals surface area (Å²) in [4.78, 5) is 0. The van der Waals surface area contributed by atoms with E-state index in [9.17, 15) is 5.11 Å². The highest BCUT2D eigenvalue weighted by molar-refractivity contribution is 5.51. The second-order valence-electron chi connectivity index (χ2n) is 6.48. The van der Waals surface area contributed by atoms with Gasteiger partial charge in [0.25, 0.3) is 0 Å². The van der Waals surface area contributed by atoms with Crippen molar-refractivity contribution < 1.29 is 5.11 Å². The van der Waals surface area contributed by atoms with Crippen LogP contribution < -0.4 is 5.32 Å². The molecule has 2 aliphatic rings. The minimum atomic E-state index is 0.358. The molecule has 1 aromatic rings. The lowest BCUT2D eigenvalue weighted by molar-refractivity contribution is 0.438. The van der Waals surface area contributed by atoms with Gasteiger partial charge in [0, 0.05) is 17.6 Å². The van der Waals surface area contributed by atoms with Gasteiger partial charge in [0.2, 0.25) is 0 Å². The summed E-state index contributed by atoms with van der Waals surface area (Å²) in [5.74, 6) is 1.91. The standard InChI is InChI=1S/C17H25NO/c1-4-5-12-9-13(12)18-14-8-11(3)16-10(2)6-7-15(19)17(14)16/h6-7,11-14,18-19H,4-5,8-9H2,1-3H3. The lowest BCUT2D eigenvalue weighted by Crippen LogP contribution is -2.23. The number of fused-ring (bicyclic) bond motifs is 1. The number of benzene rings is 1. The summed E-state index contributed by atoms with van der Waals surface area (Å²) < 4.78 is 0. The van der Waals surface area contributed by atoms with Crippen molar-refractivity contribution >= 4 is 0 Å². The summed E-state index contributed by atoms with van der Waals surface area (Å²) in [6.07, 6.45) is 5.07. The zero-order chi connectivity index (χ0) is 13.6. The summed E-state index contributed by atoms with van der Waals surface area (Å²) in [5.41, 5.74) is 3.88. The first-order chi connectivity index (χ1) is 9.11. The van der Waals surface area contributed by atoms with Crippen molar-refractivity contribution in [2.75, 3.05) is 0 Å². The highest BCUT2D eigenvalue weighted by atomic mass is 16.3. The maximum atomic E-state index is 10.2. The van der Waals surface area contributed by atoms with Gasteiger partial charge in [0.1, 0.15) is 5.75 Å². The zero-order valence-corrected chi connectivity index (χ0v) is 12.2. The van der Waals surface area contributed by atoms with Gasteiger partial charge >= 0.3 is 0 Å². The Kier molecular flexibility index (Phi) is 3.30. The van der Waals surface area contributed by atoms with Gasteiger partial charge in [-0.15, -0.1) is 0 Å². The Hall–Kier alpha value is -1.02. The van der Waals surface area contributed by atoms with Crippen LogP contribution in [0.5, 0.6) is 5.75 Å². The first-order valence-corrected chi connectivity index (χ1v) is 7.70. The van der Waals surface area contributed by atoms with Gasteiger partial charge in [-0.2, -0.15) is 0 Å². The molecule has 1 saturated carbocycles. The van der Waals surface area contributed by atoms with E-state index in [0.29, 0.717) is 23.8 Å². The molecule has 1 aromatic carbocycles. The van der Waals surface area contributed by atoms with Crippen LogP contribution in [0.1, 0.15) is 68.2 Å². The molecule has 0 heterocycles. The second kappa shape index (κ2) is 4.82. The van der Waals surface area contributed by atoms with Gasteiger partial charge in [0.15, 0.2) is 0 Å². The quantitative estimate of drug-likeness (QED) is 0.855. The normalized spacial score (nSPS) is 32.4. The Bertz CT molecular complexity index is 482. The third-order valence-corrected chi connectivity index (χ3v) is 4.91. The molecule has 4 atom stereocenters. The number of hydrogen-bond donors (Lipinski definition) is 2. The molecule has 2 nitrogen and oxygen atoms in total. The smallest absolute Gasteiger partial charge is 0.120 e. The van der Waals surface area contributed by atoms with Crippen molar-refractivity contribution in [3.8, 4) is 5.75 Å². The lowest BCUT2D eigenvalue weighted by Gasteiger charge is -2.16. The van der Waals surface area contributed by atoms with Gasteiger partial charge < -0.3 is 10.4 Å². The average molecular weight is 259 g/mol. The summed E-state index contributed by atoms with van der Waals surface area (Å²) in [6, 6.07) is 4.95. The molecule has 0 aromatic heterocycles. The number of nitrogens with one attached hydrogen (secondary N) is 1. The Labute approximate surface area is 116 Å². The molecular weight excluding hydrogens is 234 g/mol. The van der Waals surface area contributed by atoms with Crippen molar-refractivity contribution in [1.82, 2.24) is 5.32 Å². The van der Waals surface area contributed by atoms with Crippen molar-refractivity contribution in [2.45, 2.75) is 64.5 Å². The monoisotopic (exact) mass is 259 g/mol. The van der Waals surface area contributed by atoms with Crippen LogP contribution in [0.15, 0.2) is 12.1 Å². The van der Waals surface area contributed by atoms with Crippen molar-refractivity contribution in [1.29, 1.82) is 0 Å². The first kappa shape index (κ1) is 13.0. The van der Waals surface area contributed by atoms with Gasteiger partial charge in [-0.3, -0.25) is 0 Å². The molecule has 0 saturated heterocycles. The second-order valence-corrected chi connectivity index (χ2v) is 6.48. The molecule has 0 amide bonds. The Morgan fingerprint density at radius 1 is 1.26 bits per heavy atom. The van der Waals surface area contributed by atoms with Crippen molar-refractivity contribution in [3.63, 3.8) is 0 Å². The van der Waals surface area contributed by atoms with Gasteiger partial charge in [0.05, 0.1) is 0 Å². The molecular formula is C17H25NO. The Balaban J connectivity index is 1.79. The largest absolute Gasteiger partial charge is 0.508 e. The van der Waals surface area contributed by atoms with E-state index in [-0.39, 0.29) is 0 Å². The van der Waals surface area contributed by atoms with Crippen LogP contribution in [0.2, 0.25) is 0 Å². The van der Waals surface area contributed by atoms with Crippen molar-refractivity contribution in [3.05, 3.63) is 28.8 Å². The van der Waals surface area contributed by atoms with E-state index in [4.69, 9.17) is 0 Å². The topological polar surface area (TPSA) is 32.3 Å². The van der Waals surface area contributed by atoms with E-state index in [0.717, 1.165) is 12.3 Å². The van der Waals surface area contributed by atoms with Crippen LogP contribution in [-0.4, -0.2) is 11.1 Å². The first-order valence-electron chi connectivity index (χ1n) is 7.70. The number of phenols is 1. The Morgan fingerprint density at radius 2 is 2.05 bits per heavy atom. The summed E-state index contributed by atoms with van der Waals surface area (Å²) in [5, 5.41) is 14.0. The number of rotatable bonds is 4. The van der Waals surface area contributed by atoms with Gasteiger partial charge in [-0.25, -0.2) is 0 Å². The maximum absolute atomic E-state index is 10.2. The predicted molar refractivity (Wildman–Crippen MR) is 78.6 cm³/mol. The van der Waals surface area contributed by atoms with E-state index < -0.39 is 0 Å². The Morgan fingerprint density at radius 3 is 2.79 bits per heavy atom. The molecule has 2 aliphatic carbocycles. The minimum Gasteiger partial charge on any atom is -0.508 e. The molecule has 1 fully saturated rings. The molecule has 3 rings (SSSR count). The predicted octanol–water partition coefficient (Wildman–Crippen LogP) is 4.03. The maximum Gasteiger partial charge on any atom is 0.120 e. The number of aryl methyl sites for hydroxylation is 1. The van der Waals surface area contributed by atoms with E-state index in [1.165, 1.54) is 36.0 Å². The fourth-order valence-corrected chi connectivity index (χ4v) is 3.89. The zero-order valence-electron chi connectivity index (χ0n) is 12.2. The third-order valence-electron chi connectivity index (χ3n) is 4.91. The van der Waals surface area contributed by atoms with Crippen LogP contribution in [0.3, 0.4) is 0 Å². The number of phenolic OH excluding ortho intramolecular Hbond substituents is 1. The molecule has 19 heavy (non-hydrogen) atoms. The van der Waals surface area contributed by atoms with E-state index in [1.54, 1.807) is 0 Å². The summed E-state index contributed by atoms with van der Waals surface area (Å²) in [7, 11) is 0. The fraction of sp³-hybridized carbons (Fsp3) is 0.647. The molecule has 2 heteroatoms. The molecule has 2 N–H and O–H groups in total. The average Bonchev–Trinajstić information content (AvgIpc) is 2.99. The minimum absolute atomic E-state index is 0.358. The molecule has 0 bridgehead atoms. The highest BCUT2D eigenvalue weighted by Crippen LogP contribution is 2.48. The van der Waals surface area contributed by atoms with Crippen LogP contribution in [0.25, 0.3) is 0 Å². The molecule has 0 spiro atoms. The molecule has 4 unspecified atom stereocenters. The highest BCUT2D eigenvalue weighted by Gasteiger charge is 2.40. The summed E-state index contributed by atoms with van der Waals surface area (Å²) >= 11 is 0. The van der Waals surface area contributed by atoms with Crippen LogP contribution in [-0.2, 0) is 0 Å². The van der Waals surface area contributed by atoms with Gasteiger partial charge in [-0.05, 0) is 55.2 Å². The molecule has 0 aliphatic heterocycles. The lowest BCUT2D eigenvalue weighted by atomic mass is 9.97. The van der Waals surface area contributed by atoms with Crippen molar-refractivity contribution in [2.24, 2.45) is 5.92 Å². The van der Waals surface area contributed by atoms with E-state index in [1.807, 2.05) is 12.1 Å². The molecule has 104 valence electrons. The number of aromatic hydroxyl groups is 1.